The van der Waals surface area contributed by atoms with E-state index in [1.54, 1.807) is 12.0 Å². The quantitative estimate of drug-likeness (QED) is 0.185. The van der Waals surface area contributed by atoms with Crippen LogP contribution in [0.15, 0.2) is 60.7 Å². The van der Waals surface area contributed by atoms with E-state index in [-0.39, 0.29) is 23.9 Å². The number of ether oxygens (including phenoxy) is 3. The molecular weight excluding hydrogens is 616 g/mol. The van der Waals surface area contributed by atoms with Crippen LogP contribution in [0.2, 0.25) is 0 Å². The van der Waals surface area contributed by atoms with Crippen molar-refractivity contribution < 1.29 is 28.6 Å². The molecule has 3 aromatic carbocycles. The number of piperidine rings is 1. The van der Waals surface area contributed by atoms with Crippen LogP contribution in [0, 0.1) is 5.41 Å². The first kappa shape index (κ1) is 36.0. The summed E-state index contributed by atoms with van der Waals surface area (Å²) in [5.41, 5.74) is 5.16. The molecule has 8 heteroatoms. The maximum Gasteiger partial charge on any atom is 0.410 e. The molecule has 262 valence electrons. The van der Waals surface area contributed by atoms with E-state index < -0.39 is 11.0 Å². The van der Waals surface area contributed by atoms with Gasteiger partial charge in [0.1, 0.15) is 17.1 Å². The highest BCUT2D eigenvalue weighted by molar-refractivity contribution is 6.06. The molecule has 1 atom stereocenters. The molecule has 2 amide bonds. The van der Waals surface area contributed by atoms with Gasteiger partial charge in [0.05, 0.1) is 18.2 Å². The van der Waals surface area contributed by atoms with Gasteiger partial charge in [0.15, 0.2) is 0 Å². The van der Waals surface area contributed by atoms with E-state index in [0.717, 1.165) is 43.4 Å². The third-order valence-electron chi connectivity index (χ3n) is 9.53. The Morgan fingerprint density at radius 2 is 1.49 bits per heavy atom. The summed E-state index contributed by atoms with van der Waals surface area (Å²) in [6.07, 6.45) is 4.05. The van der Waals surface area contributed by atoms with Gasteiger partial charge in [-0.15, -0.1) is 0 Å². The lowest BCUT2D eigenvalue weighted by atomic mass is 9.79. The molecule has 0 radical (unpaired) electrons. The summed E-state index contributed by atoms with van der Waals surface area (Å²) < 4.78 is 16.8. The van der Waals surface area contributed by atoms with E-state index in [9.17, 15) is 14.4 Å². The molecule has 1 heterocycles. The van der Waals surface area contributed by atoms with E-state index in [1.165, 1.54) is 16.7 Å². The molecule has 5 rings (SSSR count). The van der Waals surface area contributed by atoms with Gasteiger partial charge in [-0.1, -0.05) is 24.3 Å². The monoisotopic (exact) mass is 668 g/mol. The fraction of sp³-hybridized carbons (Fsp3) is 0.488. The molecule has 8 nitrogen and oxygen atoms in total. The SMILES string of the molecule is CCN(C(=O)c1ccc(C2CCN(C(=O)OC(C)(C)C)CC2)cc1)c1cc(OC)ccc1C1CCc2cc(OC(=O)C(C)(C)C)ccc2C1. The Labute approximate surface area is 291 Å². The topological polar surface area (TPSA) is 85.4 Å². The molecule has 1 fully saturated rings. The number of rotatable bonds is 7. The van der Waals surface area contributed by atoms with Crippen molar-refractivity contribution in [3.05, 3.63) is 88.5 Å². The van der Waals surface area contributed by atoms with Gasteiger partial charge in [-0.05, 0) is 145 Å². The van der Waals surface area contributed by atoms with Gasteiger partial charge in [0.2, 0.25) is 0 Å². The fourth-order valence-electron chi connectivity index (χ4n) is 6.75. The Morgan fingerprint density at radius 3 is 2.10 bits per heavy atom. The molecule has 1 saturated heterocycles. The average Bonchev–Trinajstić information content (AvgIpc) is 3.07. The van der Waals surface area contributed by atoms with Crippen molar-refractivity contribution in [1.29, 1.82) is 0 Å². The number of hydrogen-bond acceptors (Lipinski definition) is 6. The molecule has 3 aromatic rings. The lowest BCUT2D eigenvalue weighted by Crippen LogP contribution is -2.41. The number of aryl methyl sites for hydroxylation is 1. The van der Waals surface area contributed by atoms with Crippen LogP contribution in [0.1, 0.15) is 112 Å². The molecule has 1 unspecified atom stereocenters. The summed E-state index contributed by atoms with van der Waals surface area (Å²) in [7, 11) is 1.65. The number of benzene rings is 3. The zero-order valence-corrected chi connectivity index (χ0v) is 30.4. The molecule has 1 aliphatic heterocycles. The third kappa shape index (κ3) is 8.64. The van der Waals surface area contributed by atoms with Crippen molar-refractivity contribution in [3.63, 3.8) is 0 Å². The van der Waals surface area contributed by atoms with Crippen molar-refractivity contribution in [2.75, 3.05) is 31.6 Å². The Kier molecular flexibility index (Phi) is 10.8. The minimum atomic E-state index is -0.571. The number of esters is 1. The lowest BCUT2D eigenvalue weighted by molar-refractivity contribution is -0.143. The number of likely N-dealkylation sites (tertiary alicyclic amines) is 1. The van der Waals surface area contributed by atoms with Crippen LogP contribution in [0.5, 0.6) is 11.5 Å². The van der Waals surface area contributed by atoms with Crippen LogP contribution >= 0.6 is 0 Å². The van der Waals surface area contributed by atoms with E-state index in [2.05, 4.69) is 24.3 Å². The Bertz CT molecular complexity index is 1660. The van der Waals surface area contributed by atoms with Crippen LogP contribution in [0.25, 0.3) is 0 Å². The summed E-state index contributed by atoms with van der Waals surface area (Å²) in [5, 5.41) is 0. The first-order valence-corrected chi connectivity index (χ1v) is 17.6. The molecule has 0 saturated carbocycles. The highest BCUT2D eigenvalue weighted by Crippen LogP contribution is 2.40. The minimum absolute atomic E-state index is 0.0511. The predicted octanol–water partition coefficient (Wildman–Crippen LogP) is 8.70. The van der Waals surface area contributed by atoms with Crippen LogP contribution in [-0.4, -0.2) is 55.2 Å². The number of fused-ring (bicyclic) bond motifs is 1. The van der Waals surface area contributed by atoms with Gasteiger partial charge < -0.3 is 24.0 Å². The Morgan fingerprint density at radius 1 is 0.816 bits per heavy atom. The number of amides is 2. The maximum atomic E-state index is 14.1. The van der Waals surface area contributed by atoms with Crippen LogP contribution in [0.4, 0.5) is 10.5 Å². The molecule has 0 N–H and O–H groups in total. The van der Waals surface area contributed by atoms with E-state index in [1.807, 2.05) is 89.8 Å². The van der Waals surface area contributed by atoms with Crippen LogP contribution in [-0.2, 0) is 22.4 Å². The molecule has 1 aliphatic carbocycles. The van der Waals surface area contributed by atoms with E-state index in [0.29, 0.717) is 42.6 Å². The standard InChI is InChI=1S/C41H52N2O6/c1-9-43(37(44)29-12-10-27(11-13-29)28-20-22-42(23-21-28)39(46)49-41(5,6)7)36-26-33(47-8)18-19-35(36)32-15-14-31-25-34(17-16-30(31)24-32)48-38(45)40(2,3)4/h10-13,16-19,25-26,28,32H,9,14-15,20-24H2,1-8H3. The van der Waals surface area contributed by atoms with Gasteiger partial charge in [0.25, 0.3) is 5.91 Å². The summed E-state index contributed by atoms with van der Waals surface area (Å²) in [4.78, 5) is 42.7. The minimum Gasteiger partial charge on any atom is -0.497 e. The maximum absolute atomic E-state index is 14.1. The third-order valence-corrected chi connectivity index (χ3v) is 9.53. The summed E-state index contributed by atoms with van der Waals surface area (Å²) >= 11 is 0. The summed E-state index contributed by atoms with van der Waals surface area (Å²) in [5.74, 6) is 1.54. The predicted molar refractivity (Wildman–Crippen MR) is 193 cm³/mol. The number of anilines is 1. The smallest absolute Gasteiger partial charge is 0.410 e. The van der Waals surface area contributed by atoms with Gasteiger partial charge in [0, 0.05) is 31.3 Å². The van der Waals surface area contributed by atoms with E-state index in [4.69, 9.17) is 14.2 Å². The molecule has 0 bridgehead atoms. The van der Waals surface area contributed by atoms with Gasteiger partial charge in [-0.25, -0.2) is 4.79 Å². The summed E-state index contributed by atoms with van der Waals surface area (Å²) in [6.45, 7) is 15.0. The number of carbonyl (C=O) groups excluding carboxylic acids is 3. The highest BCUT2D eigenvalue weighted by Gasteiger charge is 2.30. The molecule has 0 aromatic heterocycles. The second-order valence-electron chi connectivity index (χ2n) is 15.3. The number of hydrogen-bond donors (Lipinski definition) is 0. The molecule has 2 aliphatic rings. The van der Waals surface area contributed by atoms with Crippen molar-refractivity contribution in [3.8, 4) is 11.5 Å². The normalized spacial score (nSPS) is 16.8. The number of nitrogens with zero attached hydrogens (tertiary/aromatic N) is 2. The van der Waals surface area contributed by atoms with Gasteiger partial charge in [-0.2, -0.15) is 0 Å². The highest BCUT2D eigenvalue weighted by atomic mass is 16.6. The Balaban J connectivity index is 1.30. The van der Waals surface area contributed by atoms with Crippen molar-refractivity contribution in [2.24, 2.45) is 5.41 Å². The fourth-order valence-corrected chi connectivity index (χ4v) is 6.75. The Hall–Kier alpha value is -4.33. The van der Waals surface area contributed by atoms with E-state index >= 15 is 0 Å². The zero-order valence-electron chi connectivity index (χ0n) is 30.4. The molecule has 0 spiro atoms. The van der Waals surface area contributed by atoms with Gasteiger partial charge in [-0.3, -0.25) is 9.59 Å². The van der Waals surface area contributed by atoms with Gasteiger partial charge >= 0.3 is 12.1 Å². The largest absolute Gasteiger partial charge is 0.497 e. The number of carbonyl (C=O) groups is 3. The van der Waals surface area contributed by atoms with Crippen molar-refractivity contribution in [2.45, 2.75) is 98.0 Å². The second kappa shape index (κ2) is 14.7. The van der Waals surface area contributed by atoms with Crippen molar-refractivity contribution >= 4 is 23.7 Å². The van der Waals surface area contributed by atoms with Crippen LogP contribution in [0.3, 0.4) is 0 Å². The van der Waals surface area contributed by atoms with Crippen molar-refractivity contribution in [1.82, 2.24) is 4.90 Å². The molecule has 49 heavy (non-hydrogen) atoms. The lowest BCUT2D eigenvalue weighted by Gasteiger charge is -2.33. The molecular formula is C41H52N2O6. The average molecular weight is 669 g/mol. The number of methoxy groups -OCH3 is 1. The first-order valence-electron chi connectivity index (χ1n) is 17.6. The first-order chi connectivity index (χ1) is 23.2. The summed E-state index contributed by atoms with van der Waals surface area (Å²) in [6, 6.07) is 20.0. The zero-order chi connectivity index (χ0) is 35.5. The second-order valence-corrected chi connectivity index (χ2v) is 15.3. The van der Waals surface area contributed by atoms with Crippen LogP contribution < -0.4 is 14.4 Å².